The summed E-state index contributed by atoms with van der Waals surface area (Å²) in [5.74, 6) is -1.01. The number of carbonyl (C=O) groups excluding carboxylic acids is 1. The minimum atomic E-state index is -0.964. The highest BCUT2D eigenvalue weighted by molar-refractivity contribution is 6.30. The Labute approximate surface area is 142 Å². The molecule has 1 unspecified atom stereocenters. The zero-order chi connectivity index (χ0) is 17.3. The zero-order valence-corrected chi connectivity index (χ0v) is 13.3. The van der Waals surface area contributed by atoms with Gasteiger partial charge in [-0.2, -0.15) is 0 Å². The number of hydrogen-bond acceptors (Lipinski definition) is 4. The first-order valence-electron chi connectivity index (χ1n) is 7.25. The average molecular weight is 344 g/mol. The van der Waals surface area contributed by atoms with Crippen molar-refractivity contribution in [2.45, 2.75) is 12.5 Å². The molecule has 0 fully saturated rings. The third-order valence-electron chi connectivity index (χ3n) is 3.69. The van der Waals surface area contributed by atoms with Crippen molar-refractivity contribution in [2.24, 2.45) is 5.73 Å². The van der Waals surface area contributed by atoms with Crippen molar-refractivity contribution in [3.05, 3.63) is 70.4 Å². The van der Waals surface area contributed by atoms with Crippen molar-refractivity contribution in [3.63, 3.8) is 0 Å². The monoisotopic (exact) mass is 343 g/mol. The number of ketones is 1. The SMILES string of the molecule is NC(CC(=O)O)c1ccc2oc(C(=O)c3ccc(Cl)cc3)cc2c1. The van der Waals surface area contributed by atoms with Gasteiger partial charge in [-0.25, -0.2) is 0 Å². The molecule has 122 valence electrons. The second-order valence-corrected chi connectivity index (χ2v) is 5.88. The van der Waals surface area contributed by atoms with Crippen LogP contribution in [-0.2, 0) is 4.79 Å². The van der Waals surface area contributed by atoms with Crippen molar-refractivity contribution >= 4 is 34.3 Å². The first-order valence-corrected chi connectivity index (χ1v) is 7.63. The molecule has 0 radical (unpaired) electrons. The van der Waals surface area contributed by atoms with Crippen LogP contribution in [-0.4, -0.2) is 16.9 Å². The van der Waals surface area contributed by atoms with E-state index in [0.29, 0.717) is 27.1 Å². The number of furan rings is 1. The van der Waals surface area contributed by atoms with Crippen molar-refractivity contribution < 1.29 is 19.1 Å². The van der Waals surface area contributed by atoms with E-state index in [4.69, 9.17) is 26.9 Å². The van der Waals surface area contributed by atoms with E-state index < -0.39 is 12.0 Å². The van der Waals surface area contributed by atoms with Crippen LogP contribution < -0.4 is 5.73 Å². The van der Waals surface area contributed by atoms with Gasteiger partial charge in [0, 0.05) is 22.0 Å². The van der Waals surface area contributed by atoms with Crippen molar-refractivity contribution in [1.82, 2.24) is 0 Å². The normalized spacial score (nSPS) is 12.2. The summed E-state index contributed by atoms with van der Waals surface area (Å²) >= 11 is 5.82. The summed E-state index contributed by atoms with van der Waals surface area (Å²) in [5.41, 5.74) is 7.56. The number of benzene rings is 2. The summed E-state index contributed by atoms with van der Waals surface area (Å²) in [7, 11) is 0. The molecule has 0 aliphatic rings. The van der Waals surface area contributed by atoms with E-state index in [1.165, 1.54) is 0 Å². The number of nitrogens with two attached hydrogens (primary N) is 1. The molecule has 5 nitrogen and oxygen atoms in total. The molecule has 2 aromatic carbocycles. The summed E-state index contributed by atoms with van der Waals surface area (Å²) in [6.45, 7) is 0. The Balaban J connectivity index is 1.92. The molecule has 0 bridgehead atoms. The van der Waals surface area contributed by atoms with E-state index in [2.05, 4.69) is 0 Å². The predicted octanol–water partition coefficient (Wildman–Crippen LogP) is 3.79. The second kappa shape index (κ2) is 6.47. The van der Waals surface area contributed by atoms with Crippen molar-refractivity contribution in [2.75, 3.05) is 0 Å². The molecule has 0 amide bonds. The lowest BCUT2D eigenvalue weighted by Gasteiger charge is -2.08. The predicted molar refractivity (Wildman–Crippen MR) is 90.3 cm³/mol. The van der Waals surface area contributed by atoms with Crippen LogP contribution in [0.4, 0.5) is 0 Å². The quantitative estimate of drug-likeness (QED) is 0.687. The number of carboxylic acid groups (broad SMARTS) is 1. The highest BCUT2D eigenvalue weighted by Crippen LogP contribution is 2.26. The Morgan fingerprint density at radius 1 is 1.12 bits per heavy atom. The summed E-state index contributed by atoms with van der Waals surface area (Å²) in [6.07, 6.45) is -0.167. The van der Waals surface area contributed by atoms with E-state index in [1.54, 1.807) is 48.5 Å². The fourth-order valence-electron chi connectivity index (χ4n) is 2.45. The first kappa shape index (κ1) is 16.2. The lowest BCUT2D eigenvalue weighted by molar-refractivity contribution is -0.137. The van der Waals surface area contributed by atoms with Gasteiger partial charge in [0.25, 0.3) is 0 Å². The fraction of sp³-hybridized carbons (Fsp3) is 0.111. The van der Waals surface area contributed by atoms with E-state index in [9.17, 15) is 9.59 Å². The summed E-state index contributed by atoms with van der Waals surface area (Å²) < 4.78 is 5.59. The van der Waals surface area contributed by atoms with Crippen molar-refractivity contribution in [1.29, 1.82) is 0 Å². The molecule has 1 heterocycles. The van der Waals surface area contributed by atoms with Gasteiger partial charge in [-0.05, 0) is 48.0 Å². The Morgan fingerprint density at radius 2 is 1.83 bits per heavy atom. The topological polar surface area (TPSA) is 93.5 Å². The number of aliphatic carboxylic acids is 1. The Bertz CT molecular complexity index is 914. The molecule has 0 spiro atoms. The number of carbonyl (C=O) groups is 2. The largest absolute Gasteiger partial charge is 0.481 e. The van der Waals surface area contributed by atoms with Gasteiger partial charge in [0.1, 0.15) is 5.58 Å². The maximum Gasteiger partial charge on any atom is 0.305 e. The van der Waals surface area contributed by atoms with Crippen LogP contribution in [0.5, 0.6) is 0 Å². The van der Waals surface area contributed by atoms with Crippen LogP contribution in [0, 0.1) is 0 Å². The van der Waals surface area contributed by atoms with Crippen LogP contribution in [0.3, 0.4) is 0 Å². The minimum absolute atomic E-state index is 0.167. The summed E-state index contributed by atoms with van der Waals surface area (Å²) in [5, 5.41) is 10.1. The lowest BCUT2D eigenvalue weighted by Crippen LogP contribution is -2.14. The number of halogens is 1. The van der Waals surface area contributed by atoms with Gasteiger partial charge in [-0.1, -0.05) is 17.7 Å². The Morgan fingerprint density at radius 3 is 2.50 bits per heavy atom. The molecule has 3 N–H and O–H groups in total. The molecule has 1 aromatic heterocycles. The number of rotatable bonds is 5. The van der Waals surface area contributed by atoms with Crippen LogP contribution >= 0.6 is 11.6 Å². The van der Waals surface area contributed by atoms with Crippen molar-refractivity contribution in [3.8, 4) is 0 Å². The molecule has 0 aliphatic heterocycles. The molecular formula is C18H14ClNO4. The van der Waals surface area contributed by atoms with Gasteiger partial charge in [-0.15, -0.1) is 0 Å². The van der Waals surface area contributed by atoms with E-state index >= 15 is 0 Å². The van der Waals surface area contributed by atoms with Gasteiger partial charge in [0.2, 0.25) is 5.78 Å². The standard InChI is InChI=1S/C18H14ClNO4/c19-13-4-1-10(2-5-13)18(23)16-8-12-7-11(3-6-15(12)24-16)14(20)9-17(21)22/h1-8,14H,9,20H2,(H,21,22). The Hall–Kier alpha value is -2.63. The fourth-order valence-corrected chi connectivity index (χ4v) is 2.58. The van der Waals surface area contributed by atoms with E-state index in [-0.39, 0.29) is 18.0 Å². The summed E-state index contributed by atoms with van der Waals surface area (Å²) in [6, 6.07) is 12.7. The third-order valence-corrected chi connectivity index (χ3v) is 3.95. The number of fused-ring (bicyclic) bond motifs is 1. The average Bonchev–Trinajstić information content (AvgIpc) is 2.97. The van der Waals surface area contributed by atoms with Crippen LogP contribution in [0.25, 0.3) is 11.0 Å². The van der Waals surface area contributed by atoms with E-state index in [1.807, 2.05) is 0 Å². The van der Waals surface area contributed by atoms with Gasteiger partial charge < -0.3 is 15.3 Å². The molecule has 3 rings (SSSR count). The zero-order valence-electron chi connectivity index (χ0n) is 12.5. The first-order chi connectivity index (χ1) is 11.4. The maximum absolute atomic E-state index is 12.5. The molecule has 6 heteroatoms. The summed E-state index contributed by atoms with van der Waals surface area (Å²) in [4.78, 5) is 23.2. The molecule has 24 heavy (non-hydrogen) atoms. The van der Waals surface area contributed by atoms with Crippen LogP contribution in [0.1, 0.15) is 34.1 Å². The van der Waals surface area contributed by atoms with Crippen LogP contribution in [0.2, 0.25) is 5.02 Å². The second-order valence-electron chi connectivity index (χ2n) is 5.45. The number of hydrogen-bond donors (Lipinski definition) is 2. The third kappa shape index (κ3) is 3.32. The smallest absolute Gasteiger partial charge is 0.305 e. The van der Waals surface area contributed by atoms with Gasteiger partial charge in [-0.3, -0.25) is 9.59 Å². The maximum atomic E-state index is 12.5. The number of carboxylic acids is 1. The molecule has 1 atom stereocenters. The minimum Gasteiger partial charge on any atom is -0.481 e. The van der Waals surface area contributed by atoms with Gasteiger partial charge >= 0.3 is 5.97 Å². The Kier molecular flexibility index (Phi) is 4.38. The molecule has 0 saturated carbocycles. The molecule has 0 saturated heterocycles. The molecule has 0 aliphatic carbocycles. The lowest BCUT2D eigenvalue weighted by atomic mass is 10.0. The van der Waals surface area contributed by atoms with Gasteiger partial charge in [0.05, 0.1) is 6.42 Å². The molecular weight excluding hydrogens is 330 g/mol. The van der Waals surface area contributed by atoms with Crippen LogP contribution in [0.15, 0.2) is 52.9 Å². The highest BCUT2D eigenvalue weighted by Gasteiger charge is 2.16. The molecule has 3 aromatic rings. The van der Waals surface area contributed by atoms with E-state index in [0.717, 1.165) is 0 Å². The highest BCUT2D eigenvalue weighted by atomic mass is 35.5. The van der Waals surface area contributed by atoms with Gasteiger partial charge in [0.15, 0.2) is 5.76 Å².